The lowest BCUT2D eigenvalue weighted by Gasteiger charge is -2.23. The number of aromatic carboxylic acids is 1. The van der Waals surface area contributed by atoms with Crippen molar-refractivity contribution in [1.82, 2.24) is 5.32 Å². The fraction of sp³-hybridized carbons (Fsp3) is 0.333. The van der Waals surface area contributed by atoms with E-state index < -0.39 is 12.1 Å². The van der Waals surface area contributed by atoms with Crippen molar-refractivity contribution in [2.45, 2.75) is 6.10 Å². The number of amides is 1. The highest BCUT2D eigenvalue weighted by molar-refractivity contribution is 9.10. The molecule has 1 atom stereocenters. The molecule has 1 saturated heterocycles. The zero-order valence-electron chi connectivity index (χ0n) is 9.98. The van der Waals surface area contributed by atoms with Gasteiger partial charge in [0.2, 0.25) is 0 Å². The standard InChI is InChI=1S/C12H13BrN2O4/c13-7-1-2-9(8(5-7)12(17)18)15-11(16)10-6-14-3-4-19-10/h1-2,5,10,14H,3-4,6H2,(H,15,16)(H,17,18). The number of anilines is 1. The molecule has 1 aliphatic heterocycles. The first kappa shape index (κ1) is 14.0. The van der Waals surface area contributed by atoms with Crippen LogP contribution in [0.1, 0.15) is 10.4 Å². The van der Waals surface area contributed by atoms with Crippen molar-refractivity contribution < 1.29 is 19.4 Å². The Morgan fingerprint density at radius 1 is 1.47 bits per heavy atom. The monoisotopic (exact) mass is 328 g/mol. The maximum absolute atomic E-state index is 11.9. The van der Waals surface area contributed by atoms with Gasteiger partial charge in [-0.05, 0) is 18.2 Å². The second-order valence-electron chi connectivity index (χ2n) is 4.05. The highest BCUT2D eigenvalue weighted by Crippen LogP contribution is 2.21. The third-order valence-corrected chi connectivity index (χ3v) is 3.18. The lowest BCUT2D eigenvalue weighted by molar-refractivity contribution is -0.128. The Labute approximate surface area is 118 Å². The number of hydrogen-bond donors (Lipinski definition) is 3. The number of halogens is 1. The second kappa shape index (κ2) is 6.14. The molecule has 102 valence electrons. The van der Waals surface area contributed by atoms with Crippen LogP contribution in [0.3, 0.4) is 0 Å². The van der Waals surface area contributed by atoms with Crippen molar-refractivity contribution in [3.8, 4) is 0 Å². The Hall–Kier alpha value is -1.44. The minimum absolute atomic E-state index is 0.0338. The molecule has 0 spiro atoms. The number of carboxylic acid groups (broad SMARTS) is 1. The van der Waals surface area contributed by atoms with Gasteiger partial charge in [-0.1, -0.05) is 15.9 Å². The fourth-order valence-electron chi connectivity index (χ4n) is 1.75. The molecule has 1 amide bonds. The molecule has 0 radical (unpaired) electrons. The summed E-state index contributed by atoms with van der Waals surface area (Å²) in [4.78, 5) is 23.1. The molecule has 1 aliphatic rings. The second-order valence-corrected chi connectivity index (χ2v) is 4.96. The van der Waals surface area contributed by atoms with Gasteiger partial charge in [0.25, 0.3) is 5.91 Å². The van der Waals surface area contributed by atoms with Crippen LogP contribution < -0.4 is 10.6 Å². The number of ether oxygens (including phenoxy) is 1. The quantitative estimate of drug-likeness (QED) is 0.772. The van der Waals surface area contributed by atoms with Crippen molar-refractivity contribution in [3.05, 3.63) is 28.2 Å². The van der Waals surface area contributed by atoms with Gasteiger partial charge in [0, 0.05) is 17.6 Å². The average molecular weight is 329 g/mol. The molecule has 7 heteroatoms. The summed E-state index contributed by atoms with van der Waals surface area (Å²) in [5, 5.41) is 14.7. The number of carboxylic acids is 1. The van der Waals surface area contributed by atoms with Gasteiger partial charge in [-0.3, -0.25) is 4.79 Å². The molecule has 1 aromatic rings. The molecule has 0 aromatic heterocycles. The fourth-order valence-corrected chi connectivity index (χ4v) is 2.11. The average Bonchev–Trinajstić information content (AvgIpc) is 2.41. The molecule has 6 nitrogen and oxygen atoms in total. The van der Waals surface area contributed by atoms with Crippen LogP contribution in [0, 0.1) is 0 Å². The van der Waals surface area contributed by atoms with Gasteiger partial charge in [0.05, 0.1) is 17.9 Å². The molecule has 1 aromatic carbocycles. The number of nitrogens with one attached hydrogen (secondary N) is 2. The van der Waals surface area contributed by atoms with E-state index >= 15 is 0 Å². The van der Waals surface area contributed by atoms with Gasteiger partial charge < -0.3 is 20.5 Å². The lowest BCUT2D eigenvalue weighted by atomic mass is 10.1. The van der Waals surface area contributed by atoms with Gasteiger partial charge in [0.15, 0.2) is 0 Å². The zero-order chi connectivity index (χ0) is 13.8. The lowest BCUT2D eigenvalue weighted by Crippen LogP contribution is -2.45. The number of rotatable bonds is 3. The summed E-state index contributed by atoms with van der Waals surface area (Å²) in [5.74, 6) is -1.45. The van der Waals surface area contributed by atoms with Gasteiger partial charge in [0.1, 0.15) is 6.10 Å². The maximum atomic E-state index is 11.9. The Morgan fingerprint density at radius 3 is 2.89 bits per heavy atom. The van der Waals surface area contributed by atoms with Crippen LogP contribution in [0.4, 0.5) is 5.69 Å². The minimum atomic E-state index is -1.10. The number of carbonyl (C=O) groups excluding carboxylic acids is 1. The van der Waals surface area contributed by atoms with Crippen molar-refractivity contribution in [1.29, 1.82) is 0 Å². The number of benzene rings is 1. The molecule has 19 heavy (non-hydrogen) atoms. The van der Waals surface area contributed by atoms with E-state index in [0.717, 1.165) is 0 Å². The summed E-state index contributed by atoms with van der Waals surface area (Å²) in [5.41, 5.74) is 0.293. The molecule has 0 aliphatic carbocycles. The van der Waals surface area contributed by atoms with E-state index in [2.05, 4.69) is 26.6 Å². The Bertz CT molecular complexity index is 501. The third kappa shape index (κ3) is 3.52. The van der Waals surface area contributed by atoms with E-state index in [9.17, 15) is 9.59 Å². The van der Waals surface area contributed by atoms with E-state index in [1.165, 1.54) is 6.07 Å². The van der Waals surface area contributed by atoms with E-state index in [0.29, 0.717) is 24.2 Å². The van der Waals surface area contributed by atoms with Gasteiger partial charge >= 0.3 is 5.97 Å². The van der Waals surface area contributed by atoms with Crippen LogP contribution in [0.5, 0.6) is 0 Å². The van der Waals surface area contributed by atoms with E-state index in [1.807, 2.05) is 0 Å². The molecular formula is C12H13BrN2O4. The molecule has 1 heterocycles. The van der Waals surface area contributed by atoms with Crippen LogP contribution in [-0.2, 0) is 9.53 Å². The van der Waals surface area contributed by atoms with Crippen LogP contribution in [0.15, 0.2) is 22.7 Å². The summed E-state index contributed by atoms with van der Waals surface area (Å²) in [6.45, 7) is 1.59. The summed E-state index contributed by atoms with van der Waals surface area (Å²) < 4.78 is 5.94. The first-order valence-electron chi connectivity index (χ1n) is 5.74. The number of carbonyl (C=O) groups is 2. The molecule has 3 N–H and O–H groups in total. The summed E-state index contributed by atoms with van der Waals surface area (Å²) in [6.07, 6.45) is -0.598. The summed E-state index contributed by atoms with van der Waals surface area (Å²) in [6, 6.07) is 4.65. The molecule has 0 bridgehead atoms. The topological polar surface area (TPSA) is 87.7 Å². The van der Waals surface area contributed by atoms with Crippen molar-refractivity contribution in [2.75, 3.05) is 25.0 Å². The largest absolute Gasteiger partial charge is 0.478 e. The molecule has 0 saturated carbocycles. The first-order valence-corrected chi connectivity index (χ1v) is 6.53. The molecule has 1 unspecified atom stereocenters. The molecular weight excluding hydrogens is 316 g/mol. The zero-order valence-corrected chi connectivity index (χ0v) is 11.6. The molecule has 2 rings (SSSR count). The Morgan fingerprint density at radius 2 is 2.26 bits per heavy atom. The number of morpholine rings is 1. The van der Waals surface area contributed by atoms with Crippen molar-refractivity contribution in [3.63, 3.8) is 0 Å². The number of hydrogen-bond acceptors (Lipinski definition) is 4. The predicted octanol–water partition coefficient (Wildman–Crippen LogP) is 1.07. The highest BCUT2D eigenvalue weighted by Gasteiger charge is 2.23. The SMILES string of the molecule is O=C(O)c1cc(Br)ccc1NC(=O)C1CNCCO1. The van der Waals surface area contributed by atoms with Crippen molar-refractivity contribution in [2.24, 2.45) is 0 Å². The predicted molar refractivity (Wildman–Crippen MR) is 72.3 cm³/mol. The Balaban J connectivity index is 2.13. The van der Waals surface area contributed by atoms with Crippen LogP contribution in [0.25, 0.3) is 0 Å². The highest BCUT2D eigenvalue weighted by atomic mass is 79.9. The van der Waals surface area contributed by atoms with Gasteiger partial charge in [-0.25, -0.2) is 4.79 Å². The first-order chi connectivity index (χ1) is 9.08. The minimum Gasteiger partial charge on any atom is -0.478 e. The Kier molecular flexibility index (Phi) is 4.52. The maximum Gasteiger partial charge on any atom is 0.337 e. The molecule has 1 fully saturated rings. The van der Waals surface area contributed by atoms with E-state index in [1.54, 1.807) is 12.1 Å². The third-order valence-electron chi connectivity index (χ3n) is 2.69. The van der Waals surface area contributed by atoms with Gasteiger partial charge in [-0.2, -0.15) is 0 Å². The van der Waals surface area contributed by atoms with E-state index in [-0.39, 0.29) is 17.2 Å². The smallest absolute Gasteiger partial charge is 0.337 e. The van der Waals surface area contributed by atoms with Crippen molar-refractivity contribution >= 4 is 33.5 Å². The van der Waals surface area contributed by atoms with Gasteiger partial charge in [-0.15, -0.1) is 0 Å². The van der Waals surface area contributed by atoms with E-state index in [4.69, 9.17) is 9.84 Å². The summed E-state index contributed by atoms with van der Waals surface area (Å²) >= 11 is 3.20. The summed E-state index contributed by atoms with van der Waals surface area (Å²) in [7, 11) is 0. The van der Waals surface area contributed by atoms with Crippen LogP contribution in [0.2, 0.25) is 0 Å². The normalized spacial score (nSPS) is 18.9. The van der Waals surface area contributed by atoms with Crippen LogP contribution in [-0.4, -0.2) is 42.8 Å². The van der Waals surface area contributed by atoms with Crippen LogP contribution >= 0.6 is 15.9 Å².